The van der Waals surface area contributed by atoms with Crippen molar-refractivity contribution in [1.82, 2.24) is 5.43 Å². The van der Waals surface area contributed by atoms with Crippen LogP contribution in [0.25, 0.3) is 0 Å². The molecule has 0 spiro atoms. The molecule has 0 bridgehead atoms. The lowest BCUT2D eigenvalue weighted by Crippen LogP contribution is -2.37. The van der Waals surface area contributed by atoms with Crippen molar-refractivity contribution < 1.29 is 19.0 Å². The Labute approximate surface area is 129 Å². The van der Waals surface area contributed by atoms with Gasteiger partial charge in [0.2, 0.25) is 0 Å². The van der Waals surface area contributed by atoms with Crippen LogP contribution in [0.2, 0.25) is 0 Å². The first-order valence-electron chi connectivity index (χ1n) is 7.02. The highest BCUT2D eigenvalue weighted by Gasteiger charge is 2.32. The summed E-state index contributed by atoms with van der Waals surface area (Å²) in [6.45, 7) is 6.30. The van der Waals surface area contributed by atoms with Crippen molar-refractivity contribution in [1.29, 1.82) is 0 Å². The molecule has 7 heteroatoms. The molecule has 0 fully saturated rings. The molecule has 2 rings (SSSR count). The monoisotopic (exact) mass is 307 g/mol. The van der Waals surface area contributed by atoms with Crippen LogP contribution in [0.4, 0.5) is 4.79 Å². The topological polar surface area (TPSA) is 95.2 Å². The van der Waals surface area contributed by atoms with Crippen LogP contribution in [0, 0.1) is 0 Å². The molecule has 7 nitrogen and oxygen atoms in total. The molecular formula is C15H21N3O4. The zero-order valence-corrected chi connectivity index (χ0v) is 13.2. The standard InChI is InChI=1S/C15H21N3O4/c1-5-21-13-7-11-9(6-12(13)20-4)10(17-18-14(16)19)8-15(2,3)22-11/h6-7H,5,8H2,1-4H3,(H3,16,18,19)/b17-10+. The van der Waals surface area contributed by atoms with E-state index in [1.165, 1.54) is 0 Å². The first-order chi connectivity index (χ1) is 10.4. The van der Waals surface area contributed by atoms with E-state index in [0.717, 1.165) is 5.56 Å². The minimum absolute atomic E-state index is 0.455. The Morgan fingerprint density at radius 3 is 2.77 bits per heavy atom. The lowest BCUT2D eigenvalue weighted by Gasteiger charge is -2.33. The summed E-state index contributed by atoms with van der Waals surface area (Å²) in [5.41, 5.74) is 8.32. The van der Waals surface area contributed by atoms with Gasteiger partial charge in [-0.25, -0.2) is 10.2 Å². The van der Waals surface area contributed by atoms with Crippen LogP contribution >= 0.6 is 0 Å². The lowest BCUT2D eigenvalue weighted by molar-refractivity contribution is 0.110. The Hall–Kier alpha value is -2.44. The third-order valence-corrected chi connectivity index (χ3v) is 3.16. The lowest BCUT2D eigenvalue weighted by atomic mass is 9.92. The van der Waals surface area contributed by atoms with Crippen molar-refractivity contribution in [3.63, 3.8) is 0 Å². The largest absolute Gasteiger partial charge is 0.493 e. The number of ether oxygens (including phenoxy) is 3. The van der Waals surface area contributed by atoms with Gasteiger partial charge >= 0.3 is 6.03 Å². The van der Waals surface area contributed by atoms with Crippen molar-refractivity contribution in [2.45, 2.75) is 32.8 Å². The Morgan fingerprint density at radius 1 is 1.45 bits per heavy atom. The van der Waals surface area contributed by atoms with E-state index in [0.29, 0.717) is 36.0 Å². The fraction of sp³-hybridized carbons (Fsp3) is 0.467. The highest BCUT2D eigenvalue weighted by Crippen LogP contribution is 2.40. The van der Waals surface area contributed by atoms with Gasteiger partial charge in [-0.05, 0) is 26.8 Å². The van der Waals surface area contributed by atoms with Crippen LogP contribution in [-0.4, -0.2) is 31.1 Å². The maximum atomic E-state index is 10.9. The second-order valence-electron chi connectivity index (χ2n) is 5.51. The van der Waals surface area contributed by atoms with E-state index in [-0.39, 0.29) is 0 Å². The van der Waals surface area contributed by atoms with Gasteiger partial charge in [-0.1, -0.05) is 0 Å². The molecule has 1 aliphatic heterocycles. The average molecular weight is 307 g/mol. The minimum Gasteiger partial charge on any atom is -0.493 e. The molecule has 1 aliphatic rings. The third-order valence-electron chi connectivity index (χ3n) is 3.16. The maximum absolute atomic E-state index is 10.9. The van der Waals surface area contributed by atoms with Crippen LogP contribution in [0.15, 0.2) is 17.2 Å². The fourth-order valence-corrected chi connectivity index (χ4v) is 2.33. The van der Waals surface area contributed by atoms with Gasteiger partial charge in [-0.15, -0.1) is 0 Å². The van der Waals surface area contributed by atoms with Crippen molar-refractivity contribution >= 4 is 11.7 Å². The summed E-state index contributed by atoms with van der Waals surface area (Å²) in [5, 5.41) is 4.09. The zero-order chi connectivity index (χ0) is 16.3. The summed E-state index contributed by atoms with van der Waals surface area (Å²) in [6, 6.07) is 2.85. The molecular weight excluding hydrogens is 286 g/mol. The Morgan fingerprint density at radius 2 is 2.18 bits per heavy atom. The first kappa shape index (κ1) is 15.9. The molecule has 0 atom stereocenters. The van der Waals surface area contributed by atoms with Crippen molar-refractivity contribution in [2.24, 2.45) is 10.8 Å². The van der Waals surface area contributed by atoms with E-state index in [1.807, 2.05) is 20.8 Å². The molecule has 0 aromatic heterocycles. The molecule has 1 aromatic carbocycles. The average Bonchev–Trinajstić information content (AvgIpc) is 2.43. The molecule has 0 unspecified atom stereocenters. The highest BCUT2D eigenvalue weighted by atomic mass is 16.5. The van der Waals surface area contributed by atoms with Crippen molar-refractivity contribution in [2.75, 3.05) is 13.7 Å². The van der Waals surface area contributed by atoms with Crippen LogP contribution in [0.1, 0.15) is 32.8 Å². The summed E-state index contributed by atoms with van der Waals surface area (Å²) in [4.78, 5) is 10.9. The summed E-state index contributed by atoms with van der Waals surface area (Å²) in [6.07, 6.45) is 0.525. The number of carbonyl (C=O) groups excluding carboxylic acids is 1. The Balaban J connectivity index is 2.51. The van der Waals surface area contributed by atoms with Gasteiger partial charge in [0.15, 0.2) is 11.5 Å². The zero-order valence-electron chi connectivity index (χ0n) is 13.2. The van der Waals surface area contributed by atoms with Crippen LogP contribution in [0.3, 0.4) is 0 Å². The number of methoxy groups -OCH3 is 1. The van der Waals surface area contributed by atoms with E-state index in [1.54, 1.807) is 19.2 Å². The number of fused-ring (bicyclic) bond motifs is 1. The maximum Gasteiger partial charge on any atom is 0.332 e. The molecule has 0 saturated carbocycles. The molecule has 120 valence electrons. The van der Waals surface area contributed by atoms with Gasteiger partial charge in [0.05, 0.1) is 19.4 Å². The number of urea groups is 1. The van der Waals surface area contributed by atoms with Gasteiger partial charge in [0.25, 0.3) is 0 Å². The second-order valence-corrected chi connectivity index (χ2v) is 5.51. The molecule has 0 aliphatic carbocycles. The second kappa shape index (κ2) is 6.13. The predicted octanol–water partition coefficient (Wildman–Crippen LogP) is 2.03. The van der Waals surface area contributed by atoms with Gasteiger partial charge in [0.1, 0.15) is 11.4 Å². The minimum atomic E-state index is -0.712. The number of hydrazone groups is 1. The third kappa shape index (κ3) is 3.41. The van der Waals surface area contributed by atoms with Crippen molar-refractivity contribution in [3.05, 3.63) is 17.7 Å². The van der Waals surface area contributed by atoms with Crippen LogP contribution in [-0.2, 0) is 0 Å². The number of hydrogen-bond acceptors (Lipinski definition) is 5. The number of carbonyl (C=O) groups is 1. The number of primary amides is 1. The number of nitrogens with two attached hydrogens (primary N) is 1. The van der Waals surface area contributed by atoms with E-state index in [9.17, 15) is 4.79 Å². The molecule has 22 heavy (non-hydrogen) atoms. The Bertz CT molecular complexity index is 611. The van der Waals surface area contributed by atoms with E-state index in [4.69, 9.17) is 19.9 Å². The van der Waals surface area contributed by atoms with Crippen molar-refractivity contribution in [3.8, 4) is 17.2 Å². The summed E-state index contributed by atoms with van der Waals surface area (Å²) in [7, 11) is 1.57. The summed E-state index contributed by atoms with van der Waals surface area (Å²) in [5.74, 6) is 1.81. The molecule has 3 N–H and O–H groups in total. The van der Waals surface area contributed by atoms with Gasteiger partial charge in [0, 0.05) is 18.1 Å². The number of hydrogen-bond donors (Lipinski definition) is 2. The van der Waals surface area contributed by atoms with E-state index >= 15 is 0 Å². The number of nitrogens with one attached hydrogen (secondary N) is 1. The number of benzene rings is 1. The van der Waals surface area contributed by atoms with Crippen LogP contribution in [0.5, 0.6) is 17.2 Å². The SMILES string of the molecule is CCOc1cc2c(cc1OC)/C(=N/NC(N)=O)CC(C)(C)O2. The summed E-state index contributed by atoms with van der Waals surface area (Å²) < 4.78 is 16.9. The molecule has 2 amide bonds. The number of rotatable bonds is 4. The fourth-order valence-electron chi connectivity index (χ4n) is 2.33. The van der Waals surface area contributed by atoms with Gasteiger partial charge in [-0.3, -0.25) is 0 Å². The predicted molar refractivity (Wildman–Crippen MR) is 82.7 cm³/mol. The van der Waals surface area contributed by atoms with Crippen LogP contribution < -0.4 is 25.4 Å². The molecule has 1 aromatic rings. The molecule has 0 saturated heterocycles. The number of amides is 2. The normalized spacial score (nSPS) is 17.4. The van der Waals surface area contributed by atoms with E-state index < -0.39 is 11.6 Å². The Kier molecular flexibility index (Phi) is 4.44. The first-order valence-corrected chi connectivity index (χ1v) is 7.02. The smallest absolute Gasteiger partial charge is 0.332 e. The molecule has 1 heterocycles. The quantitative estimate of drug-likeness (QED) is 0.832. The van der Waals surface area contributed by atoms with E-state index in [2.05, 4.69) is 10.5 Å². The van der Waals surface area contributed by atoms with Gasteiger partial charge in [-0.2, -0.15) is 5.10 Å². The van der Waals surface area contributed by atoms with Gasteiger partial charge < -0.3 is 19.9 Å². The highest BCUT2D eigenvalue weighted by molar-refractivity contribution is 6.05. The number of nitrogens with zero attached hydrogens (tertiary/aromatic N) is 1. The molecule has 0 radical (unpaired) electrons. The summed E-state index contributed by atoms with van der Waals surface area (Å²) >= 11 is 0.